The molecule has 0 unspecified atom stereocenters. The fourth-order valence-electron chi connectivity index (χ4n) is 1.36. The van der Waals surface area contributed by atoms with Crippen LogP contribution in [-0.2, 0) is 6.54 Å². The normalized spacial score (nSPS) is 10.4. The number of benzene rings is 1. The van der Waals surface area contributed by atoms with Gasteiger partial charge in [-0.1, -0.05) is 0 Å². The summed E-state index contributed by atoms with van der Waals surface area (Å²) in [4.78, 5) is 0. The first kappa shape index (κ1) is 9.37. The average Bonchev–Trinajstić information content (AvgIpc) is 2.69. The molecule has 0 bridgehead atoms. The molecule has 0 aliphatic rings. The molecule has 1 heterocycles. The van der Waals surface area contributed by atoms with Gasteiger partial charge < -0.3 is 5.73 Å². The van der Waals surface area contributed by atoms with E-state index in [1.165, 1.54) is 12.1 Å². The Labute approximate surface area is 86.0 Å². The van der Waals surface area contributed by atoms with Crippen LogP contribution in [0.2, 0.25) is 0 Å². The third-order valence-corrected chi connectivity index (χ3v) is 2.73. The van der Waals surface area contributed by atoms with Gasteiger partial charge in [0.25, 0.3) is 0 Å². The van der Waals surface area contributed by atoms with Crippen LogP contribution in [0.5, 0.6) is 0 Å². The fraction of sp³-hybridized carbons (Fsp3) is 0.0909. The molecule has 1 aromatic carbocycles. The largest absolute Gasteiger partial charge is 0.326 e. The van der Waals surface area contributed by atoms with Crippen LogP contribution in [-0.4, -0.2) is 0 Å². The van der Waals surface area contributed by atoms with Crippen LogP contribution in [0, 0.1) is 5.82 Å². The van der Waals surface area contributed by atoms with Crippen LogP contribution >= 0.6 is 11.3 Å². The number of nitrogens with two attached hydrogens (primary N) is 1. The van der Waals surface area contributed by atoms with Crippen LogP contribution in [0.15, 0.2) is 35.0 Å². The summed E-state index contributed by atoms with van der Waals surface area (Å²) >= 11 is 1.60. The summed E-state index contributed by atoms with van der Waals surface area (Å²) in [7, 11) is 0. The Bertz CT molecular complexity index is 423. The van der Waals surface area contributed by atoms with Crippen molar-refractivity contribution < 1.29 is 4.39 Å². The number of rotatable bonds is 2. The molecule has 2 rings (SSSR count). The van der Waals surface area contributed by atoms with E-state index in [2.05, 4.69) is 0 Å². The Hall–Kier alpha value is -1.19. The summed E-state index contributed by atoms with van der Waals surface area (Å²) in [6.45, 7) is 0.370. The zero-order valence-corrected chi connectivity index (χ0v) is 8.35. The van der Waals surface area contributed by atoms with Crippen molar-refractivity contribution in [3.05, 3.63) is 46.4 Å². The third kappa shape index (κ3) is 1.84. The molecule has 0 amide bonds. The van der Waals surface area contributed by atoms with Gasteiger partial charge in [0.05, 0.1) is 0 Å². The SMILES string of the molecule is NCc1cc(F)cc(-c2ccsc2)c1. The molecule has 2 N–H and O–H groups in total. The summed E-state index contributed by atoms with van der Waals surface area (Å²) in [5.41, 5.74) is 8.24. The van der Waals surface area contributed by atoms with Crippen molar-refractivity contribution in [1.29, 1.82) is 0 Å². The van der Waals surface area contributed by atoms with Gasteiger partial charge in [-0.2, -0.15) is 11.3 Å². The van der Waals surface area contributed by atoms with Gasteiger partial charge >= 0.3 is 0 Å². The van der Waals surface area contributed by atoms with Crippen LogP contribution in [0.4, 0.5) is 4.39 Å². The number of halogens is 1. The summed E-state index contributed by atoms with van der Waals surface area (Å²) in [5, 5.41) is 3.97. The highest BCUT2D eigenvalue weighted by atomic mass is 32.1. The van der Waals surface area contributed by atoms with Gasteiger partial charge in [0.1, 0.15) is 5.82 Å². The van der Waals surface area contributed by atoms with Crippen molar-refractivity contribution in [1.82, 2.24) is 0 Å². The molecule has 0 aliphatic carbocycles. The van der Waals surface area contributed by atoms with E-state index in [-0.39, 0.29) is 5.82 Å². The Morgan fingerprint density at radius 3 is 2.71 bits per heavy atom. The zero-order chi connectivity index (χ0) is 9.97. The van der Waals surface area contributed by atoms with Gasteiger partial charge in [0.2, 0.25) is 0 Å². The Morgan fingerprint density at radius 1 is 1.21 bits per heavy atom. The van der Waals surface area contributed by atoms with Crippen LogP contribution in [0.25, 0.3) is 11.1 Å². The van der Waals surface area contributed by atoms with E-state index >= 15 is 0 Å². The van der Waals surface area contributed by atoms with Gasteiger partial charge in [-0.05, 0) is 51.7 Å². The van der Waals surface area contributed by atoms with E-state index in [9.17, 15) is 4.39 Å². The topological polar surface area (TPSA) is 26.0 Å². The molecular formula is C11H10FNS. The molecular weight excluding hydrogens is 197 g/mol. The second kappa shape index (κ2) is 3.90. The second-order valence-electron chi connectivity index (χ2n) is 3.06. The van der Waals surface area contributed by atoms with Crippen LogP contribution < -0.4 is 5.73 Å². The molecule has 0 spiro atoms. The number of hydrogen-bond acceptors (Lipinski definition) is 2. The minimum Gasteiger partial charge on any atom is -0.326 e. The van der Waals surface area contributed by atoms with E-state index in [0.717, 1.165) is 16.7 Å². The van der Waals surface area contributed by atoms with Crippen LogP contribution in [0.3, 0.4) is 0 Å². The van der Waals surface area contributed by atoms with Crippen molar-refractivity contribution in [3.8, 4) is 11.1 Å². The second-order valence-corrected chi connectivity index (χ2v) is 3.84. The Balaban J connectivity index is 2.48. The van der Waals surface area contributed by atoms with Crippen molar-refractivity contribution in [2.45, 2.75) is 6.54 Å². The molecule has 0 fully saturated rings. The molecule has 14 heavy (non-hydrogen) atoms. The lowest BCUT2D eigenvalue weighted by Crippen LogP contribution is -1.97. The minimum atomic E-state index is -0.228. The minimum absolute atomic E-state index is 0.228. The van der Waals surface area contributed by atoms with E-state index in [0.29, 0.717) is 6.54 Å². The molecule has 1 aromatic heterocycles. The zero-order valence-electron chi connectivity index (χ0n) is 7.53. The van der Waals surface area contributed by atoms with Crippen molar-refractivity contribution in [3.63, 3.8) is 0 Å². The first-order valence-corrected chi connectivity index (χ1v) is 5.26. The van der Waals surface area contributed by atoms with E-state index in [4.69, 9.17) is 5.73 Å². The smallest absolute Gasteiger partial charge is 0.124 e. The summed E-state index contributed by atoms with van der Waals surface area (Å²) < 4.78 is 13.2. The van der Waals surface area contributed by atoms with E-state index in [1.54, 1.807) is 11.3 Å². The molecule has 0 radical (unpaired) electrons. The van der Waals surface area contributed by atoms with E-state index < -0.39 is 0 Å². The first-order chi connectivity index (χ1) is 6.79. The lowest BCUT2D eigenvalue weighted by atomic mass is 10.1. The lowest BCUT2D eigenvalue weighted by Gasteiger charge is -2.02. The molecule has 0 aliphatic heterocycles. The van der Waals surface area contributed by atoms with Gasteiger partial charge in [-0.3, -0.25) is 0 Å². The van der Waals surface area contributed by atoms with Crippen molar-refractivity contribution in [2.24, 2.45) is 5.73 Å². The average molecular weight is 207 g/mol. The van der Waals surface area contributed by atoms with Gasteiger partial charge in [-0.25, -0.2) is 4.39 Å². The molecule has 72 valence electrons. The third-order valence-electron chi connectivity index (χ3n) is 2.05. The highest BCUT2D eigenvalue weighted by molar-refractivity contribution is 7.08. The van der Waals surface area contributed by atoms with Crippen molar-refractivity contribution >= 4 is 11.3 Å². The fourth-order valence-corrected chi connectivity index (χ4v) is 2.03. The first-order valence-electron chi connectivity index (χ1n) is 4.31. The van der Waals surface area contributed by atoms with Crippen LogP contribution in [0.1, 0.15) is 5.56 Å². The number of thiophene rings is 1. The van der Waals surface area contributed by atoms with Crippen molar-refractivity contribution in [2.75, 3.05) is 0 Å². The summed E-state index contributed by atoms with van der Waals surface area (Å²) in [6.07, 6.45) is 0. The molecule has 2 aromatic rings. The maximum atomic E-state index is 13.2. The predicted molar refractivity (Wildman–Crippen MR) is 57.6 cm³/mol. The maximum Gasteiger partial charge on any atom is 0.124 e. The maximum absolute atomic E-state index is 13.2. The highest BCUT2D eigenvalue weighted by Gasteiger charge is 2.02. The number of hydrogen-bond donors (Lipinski definition) is 1. The highest BCUT2D eigenvalue weighted by Crippen LogP contribution is 2.24. The predicted octanol–water partition coefficient (Wildman–Crippen LogP) is 3.01. The quantitative estimate of drug-likeness (QED) is 0.804. The molecule has 0 saturated heterocycles. The van der Waals surface area contributed by atoms with Gasteiger partial charge in [0.15, 0.2) is 0 Å². The van der Waals surface area contributed by atoms with Gasteiger partial charge in [0, 0.05) is 6.54 Å². The molecule has 0 saturated carbocycles. The Kier molecular flexibility index (Phi) is 2.61. The molecule has 0 atom stereocenters. The van der Waals surface area contributed by atoms with Gasteiger partial charge in [-0.15, -0.1) is 0 Å². The summed E-state index contributed by atoms with van der Waals surface area (Å²) in [5.74, 6) is -0.228. The Morgan fingerprint density at radius 2 is 2.07 bits per heavy atom. The lowest BCUT2D eigenvalue weighted by molar-refractivity contribution is 0.626. The monoisotopic (exact) mass is 207 g/mol. The standard InChI is InChI=1S/C11H10FNS/c12-11-4-8(6-13)3-10(5-11)9-1-2-14-7-9/h1-5,7H,6,13H2. The summed E-state index contributed by atoms with van der Waals surface area (Å²) in [6, 6.07) is 6.89. The molecule has 1 nitrogen and oxygen atoms in total. The van der Waals surface area contributed by atoms with E-state index in [1.807, 2.05) is 22.9 Å². The molecule has 3 heteroatoms.